The van der Waals surface area contributed by atoms with Crippen LogP contribution in [0.15, 0.2) is 23.6 Å². The first-order valence-electron chi connectivity index (χ1n) is 8.64. The van der Waals surface area contributed by atoms with Crippen molar-refractivity contribution in [2.45, 2.75) is 25.8 Å². The van der Waals surface area contributed by atoms with Crippen LogP contribution >= 0.6 is 11.3 Å². The van der Waals surface area contributed by atoms with E-state index >= 15 is 0 Å². The van der Waals surface area contributed by atoms with Gasteiger partial charge >= 0.3 is 0 Å². The van der Waals surface area contributed by atoms with E-state index in [0.717, 1.165) is 12.1 Å². The molecule has 1 aliphatic rings. The van der Waals surface area contributed by atoms with Crippen LogP contribution in [0.2, 0.25) is 0 Å². The Labute approximate surface area is 163 Å². The predicted octanol–water partition coefficient (Wildman–Crippen LogP) is 1.74. The first kappa shape index (κ1) is 19.9. The molecule has 0 bridgehead atoms. The van der Waals surface area contributed by atoms with Crippen molar-refractivity contribution in [1.82, 2.24) is 15.6 Å². The number of thiazole rings is 1. The van der Waals surface area contributed by atoms with Crippen molar-refractivity contribution < 1.29 is 23.2 Å². The number of rotatable bonds is 6. The van der Waals surface area contributed by atoms with E-state index in [9.17, 15) is 23.2 Å². The number of carbonyl (C=O) groups excluding carboxylic acids is 3. The predicted molar refractivity (Wildman–Crippen MR) is 98.4 cm³/mol. The van der Waals surface area contributed by atoms with Crippen molar-refractivity contribution in [2.24, 2.45) is 5.92 Å². The number of nitrogens with zero attached hydrogens (tertiary/aromatic N) is 1. The van der Waals surface area contributed by atoms with Crippen LogP contribution < -0.4 is 16.0 Å². The second kappa shape index (κ2) is 8.87. The van der Waals surface area contributed by atoms with E-state index in [1.165, 1.54) is 17.4 Å². The second-order valence-corrected chi connectivity index (χ2v) is 7.18. The fourth-order valence-electron chi connectivity index (χ4n) is 2.72. The highest BCUT2D eigenvalue weighted by Crippen LogP contribution is 2.19. The maximum absolute atomic E-state index is 13.6. The van der Waals surface area contributed by atoms with Crippen LogP contribution in [0.3, 0.4) is 0 Å². The van der Waals surface area contributed by atoms with E-state index in [-0.39, 0.29) is 42.8 Å². The maximum Gasteiger partial charge on any atom is 0.231 e. The summed E-state index contributed by atoms with van der Waals surface area (Å²) >= 11 is 1.17. The fourth-order valence-corrected chi connectivity index (χ4v) is 3.44. The summed E-state index contributed by atoms with van der Waals surface area (Å²) < 4.78 is 27.1. The van der Waals surface area contributed by atoms with Gasteiger partial charge in [0.05, 0.1) is 18.0 Å². The van der Waals surface area contributed by atoms with Crippen LogP contribution in [0, 0.1) is 17.6 Å². The molecule has 3 amide bonds. The number of nitrogens with one attached hydrogen (secondary N) is 3. The number of benzene rings is 1. The highest BCUT2D eigenvalue weighted by Gasteiger charge is 2.25. The summed E-state index contributed by atoms with van der Waals surface area (Å²) in [5, 5.41) is 9.75. The molecule has 148 valence electrons. The minimum absolute atomic E-state index is 0.0677. The van der Waals surface area contributed by atoms with Crippen molar-refractivity contribution in [3.05, 3.63) is 46.5 Å². The Morgan fingerprint density at radius 1 is 1.29 bits per heavy atom. The third-order valence-electron chi connectivity index (χ3n) is 4.28. The Morgan fingerprint density at radius 2 is 2.04 bits per heavy atom. The van der Waals surface area contributed by atoms with Crippen molar-refractivity contribution in [2.75, 3.05) is 11.9 Å². The number of carbonyl (C=O) groups is 3. The maximum atomic E-state index is 13.6. The molecule has 2 heterocycles. The molecule has 0 saturated carbocycles. The van der Waals surface area contributed by atoms with Gasteiger partial charge < -0.3 is 16.0 Å². The van der Waals surface area contributed by atoms with Crippen LogP contribution in [-0.4, -0.2) is 29.3 Å². The molecule has 1 fully saturated rings. The summed E-state index contributed by atoms with van der Waals surface area (Å²) in [6.07, 6.45) is 0.705. The molecule has 1 aromatic carbocycles. The average molecular weight is 408 g/mol. The van der Waals surface area contributed by atoms with Gasteiger partial charge in [-0.3, -0.25) is 14.4 Å². The summed E-state index contributed by atoms with van der Waals surface area (Å²) in [6, 6.07) is 3.50. The molecule has 3 N–H and O–H groups in total. The Hall–Kier alpha value is -2.88. The number of halogens is 2. The van der Waals surface area contributed by atoms with Crippen molar-refractivity contribution in [3.63, 3.8) is 0 Å². The molecule has 10 heteroatoms. The first-order valence-corrected chi connectivity index (χ1v) is 9.52. The number of piperidine rings is 1. The molecule has 1 saturated heterocycles. The summed E-state index contributed by atoms with van der Waals surface area (Å²) in [7, 11) is 0. The molecule has 1 atom stereocenters. The van der Waals surface area contributed by atoms with Gasteiger partial charge in [-0.05, 0) is 18.6 Å². The highest BCUT2D eigenvalue weighted by molar-refractivity contribution is 7.13. The summed E-state index contributed by atoms with van der Waals surface area (Å²) in [6.45, 7) is 0.0242. The minimum Gasteiger partial charge on any atom is -0.355 e. The van der Waals surface area contributed by atoms with Gasteiger partial charge in [-0.2, -0.15) is 0 Å². The quantitative estimate of drug-likeness (QED) is 0.678. The minimum atomic E-state index is -0.724. The fraction of sp³-hybridized carbons (Fsp3) is 0.333. The highest BCUT2D eigenvalue weighted by atomic mass is 32.1. The zero-order valence-corrected chi connectivity index (χ0v) is 15.6. The zero-order valence-electron chi connectivity index (χ0n) is 14.8. The van der Waals surface area contributed by atoms with Crippen LogP contribution in [0.1, 0.15) is 24.1 Å². The number of amides is 3. The van der Waals surface area contributed by atoms with Gasteiger partial charge in [0, 0.05) is 30.5 Å². The lowest BCUT2D eigenvalue weighted by Gasteiger charge is -2.20. The van der Waals surface area contributed by atoms with Crippen LogP contribution in [0.25, 0.3) is 0 Å². The van der Waals surface area contributed by atoms with E-state index in [0.29, 0.717) is 23.7 Å². The van der Waals surface area contributed by atoms with Crippen LogP contribution in [-0.2, 0) is 27.3 Å². The average Bonchev–Trinajstić information content (AvgIpc) is 3.08. The van der Waals surface area contributed by atoms with Crippen LogP contribution in [0.5, 0.6) is 0 Å². The second-order valence-electron chi connectivity index (χ2n) is 6.33. The Balaban J connectivity index is 1.49. The molecule has 0 aliphatic carbocycles. The number of hydrogen-bond donors (Lipinski definition) is 3. The number of hydrogen-bond acceptors (Lipinski definition) is 5. The molecular weight excluding hydrogens is 390 g/mol. The molecular formula is C18H18F2N4O3S. The molecule has 3 rings (SSSR count). The van der Waals surface area contributed by atoms with Crippen LogP contribution in [0.4, 0.5) is 13.9 Å². The molecule has 1 unspecified atom stereocenters. The van der Waals surface area contributed by atoms with Gasteiger partial charge in [0.2, 0.25) is 17.7 Å². The normalized spacial score (nSPS) is 16.4. The SMILES string of the molecule is O=C1CCC(C(=O)Nc2nc(CC(=O)NCc3c(F)cccc3F)cs2)CN1. The molecule has 2 aromatic rings. The van der Waals surface area contributed by atoms with E-state index < -0.39 is 17.5 Å². The third kappa shape index (κ3) is 5.10. The molecule has 1 aliphatic heterocycles. The number of anilines is 1. The van der Waals surface area contributed by atoms with E-state index in [2.05, 4.69) is 20.9 Å². The third-order valence-corrected chi connectivity index (χ3v) is 5.09. The standard InChI is InChI=1S/C18H18F2N4O3S/c19-13-2-1-3-14(20)12(13)8-22-16(26)6-11-9-28-18(23-11)24-17(27)10-4-5-15(25)21-7-10/h1-3,9-10H,4-8H2,(H,21,25)(H,22,26)(H,23,24,27). The Kier molecular flexibility index (Phi) is 6.30. The van der Waals surface area contributed by atoms with Gasteiger partial charge in [-0.25, -0.2) is 13.8 Å². The van der Waals surface area contributed by atoms with Gasteiger partial charge in [0.1, 0.15) is 11.6 Å². The van der Waals surface area contributed by atoms with Gasteiger partial charge in [-0.15, -0.1) is 11.3 Å². The monoisotopic (exact) mass is 408 g/mol. The van der Waals surface area contributed by atoms with Crippen molar-refractivity contribution in [1.29, 1.82) is 0 Å². The summed E-state index contributed by atoms with van der Waals surface area (Å²) in [4.78, 5) is 39.5. The molecule has 1 aromatic heterocycles. The molecule has 7 nitrogen and oxygen atoms in total. The molecule has 0 spiro atoms. The molecule has 0 radical (unpaired) electrons. The van der Waals surface area contributed by atoms with E-state index in [4.69, 9.17) is 0 Å². The molecule has 28 heavy (non-hydrogen) atoms. The number of aromatic nitrogens is 1. The van der Waals surface area contributed by atoms with Gasteiger partial charge in [-0.1, -0.05) is 6.07 Å². The van der Waals surface area contributed by atoms with E-state index in [1.54, 1.807) is 5.38 Å². The Bertz CT molecular complexity index is 872. The van der Waals surface area contributed by atoms with Gasteiger partial charge in [0.15, 0.2) is 5.13 Å². The zero-order chi connectivity index (χ0) is 20.1. The lowest BCUT2D eigenvalue weighted by atomic mass is 9.98. The lowest BCUT2D eigenvalue weighted by Crippen LogP contribution is -2.40. The lowest BCUT2D eigenvalue weighted by molar-refractivity contribution is -0.126. The van der Waals surface area contributed by atoms with E-state index in [1.807, 2.05) is 0 Å². The largest absolute Gasteiger partial charge is 0.355 e. The van der Waals surface area contributed by atoms with Crippen molar-refractivity contribution >= 4 is 34.2 Å². The Morgan fingerprint density at radius 3 is 2.71 bits per heavy atom. The smallest absolute Gasteiger partial charge is 0.231 e. The van der Waals surface area contributed by atoms with Crippen molar-refractivity contribution in [3.8, 4) is 0 Å². The summed E-state index contributed by atoms with van der Waals surface area (Å²) in [5.41, 5.74) is 0.227. The first-order chi connectivity index (χ1) is 13.4. The van der Waals surface area contributed by atoms with Gasteiger partial charge in [0.25, 0.3) is 0 Å². The summed E-state index contributed by atoms with van der Waals surface area (Å²) in [5.74, 6) is -2.51. The topological polar surface area (TPSA) is 100 Å².